The molecule has 0 aromatic heterocycles. The van der Waals surface area contributed by atoms with Gasteiger partial charge in [-0.05, 0) is 45.6 Å². The number of sulfonamides is 1. The molecule has 6 heteroatoms. The lowest BCUT2D eigenvalue weighted by molar-refractivity contribution is 0.350. The van der Waals surface area contributed by atoms with Gasteiger partial charge in [0, 0.05) is 18.2 Å². The molecule has 0 saturated heterocycles. The summed E-state index contributed by atoms with van der Waals surface area (Å²) in [6, 6.07) is 4.78. The molecular weight excluding hydrogens is 288 g/mol. The molecule has 0 aliphatic carbocycles. The largest absolute Gasteiger partial charge is 0.384 e. The summed E-state index contributed by atoms with van der Waals surface area (Å²) in [5.41, 5.74) is 1.23. The van der Waals surface area contributed by atoms with Crippen LogP contribution in [0.2, 0.25) is 0 Å². The van der Waals surface area contributed by atoms with Crippen LogP contribution >= 0.6 is 0 Å². The molecule has 1 aromatic carbocycles. The van der Waals surface area contributed by atoms with Gasteiger partial charge < -0.3 is 10.0 Å². The second-order valence-corrected chi connectivity index (χ2v) is 6.91. The number of likely N-dealkylation sites (N-methyl/N-ethyl adjacent to an activating group) is 1. The van der Waals surface area contributed by atoms with Gasteiger partial charge in [0.1, 0.15) is 6.61 Å². The van der Waals surface area contributed by atoms with E-state index in [4.69, 9.17) is 5.11 Å². The molecule has 116 valence electrons. The molecule has 0 heterocycles. The highest BCUT2D eigenvalue weighted by Crippen LogP contribution is 2.17. The van der Waals surface area contributed by atoms with Crippen molar-refractivity contribution >= 4 is 10.0 Å². The average Bonchev–Trinajstić information content (AvgIpc) is 2.35. The summed E-state index contributed by atoms with van der Waals surface area (Å²) < 4.78 is 27.5. The third-order valence-electron chi connectivity index (χ3n) is 2.78. The molecule has 0 bridgehead atoms. The van der Waals surface area contributed by atoms with Gasteiger partial charge in [0.25, 0.3) is 0 Å². The van der Waals surface area contributed by atoms with Crippen LogP contribution < -0.4 is 4.72 Å². The molecule has 0 amide bonds. The zero-order chi connectivity index (χ0) is 16.0. The summed E-state index contributed by atoms with van der Waals surface area (Å²) in [6.45, 7) is 3.92. The van der Waals surface area contributed by atoms with Gasteiger partial charge >= 0.3 is 0 Å². The molecule has 2 N–H and O–H groups in total. The van der Waals surface area contributed by atoms with Crippen molar-refractivity contribution in [3.63, 3.8) is 0 Å². The Kier molecular flexibility index (Phi) is 6.37. The van der Waals surface area contributed by atoms with E-state index in [-0.39, 0.29) is 17.5 Å². The lowest BCUT2D eigenvalue weighted by Gasteiger charge is -2.19. The molecule has 5 nitrogen and oxygen atoms in total. The number of rotatable bonds is 5. The molecular formula is C15H22N2O3S. The van der Waals surface area contributed by atoms with Crippen molar-refractivity contribution in [3.8, 4) is 11.8 Å². The van der Waals surface area contributed by atoms with E-state index < -0.39 is 10.0 Å². The zero-order valence-corrected chi connectivity index (χ0v) is 13.7. The van der Waals surface area contributed by atoms with Crippen LogP contribution in [-0.2, 0) is 10.0 Å². The molecule has 0 aliphatic rings. The first-order chi connectivity index (χ1) is 9.76. The fourth-order valence-electron chi connectivity index (χ4n) is 2.02. The smallest absolute Gasteiger partial charge is 0.241 e. The quantitative estimate of drug-likeness (QED) is 0.780. The highest BCUT2D eigenvalue weighted by atomic mass is 32.2. The number of hydrogen-bond acceptors (Lipinski definition) is 4. The second kappa shape index (κ2) is 7.57. The molecule has 1 unspecified atom stereocenters. The van der Waals surface area contributed by atoms with Crippen LogP contribution in [0.15, 0.2) is 23.1 Å². The third kappa shape index (κ3) is 5.48. The van der Waals surface area contributed by atoms with E-state index in [0.29, 0.717) is 17.7 Å². The van der Waals surface area contributed by atoms with Crippen molar-refractivity contribution in [1.82, 2.24) is 9.62 Å². The normalized spacial score (nSPS) is 12.9. The average molecular weight is 310 g/mol. The molecule has 21 heavy (non-hydrogen) atoms. The summed E-state index contributed by atoms with van der Waals surface area (Å²) in [4.78, 5) is 2.14. The van der Waals surface area contributed by atoms with E-state index >= 15 is 0 Å². The molecule has 0 radical (unpaired) electrons. The van der Waals surface area contributed by atoms with Gasteiger partial charge in [0.15, 0.2) is 0 Å². The van der Waals surface area contributed by atoms with Crippen LogP contribution in [0.4, 0.5) is 0 Å². The van der Waals surface area contributed by atoms with Crippen LogP contribution in [0.25, 0.3) is 0 Å². The maximum absolute atomic E-state index is 12.4. The van der Waals surface area contributed by atoms with E-state index in [0.717, 1.165) is 0 Å². The summed E-state index contributed by atoms with van der Waals surface area (Å²) in [6.07, 6.45) is 0. The number of benzene rings is 1. The zero-order valence-electron chi connectivity index (χ0n) is 12.8. The predicted molar refractivity (Wildman–Crippen MR) is 83.5 cm³/mol. The number of aliphatic hydroxyl groups is 1. The molecule has 1 rings (SSSR count). The summed E-state index contributed by atoms with van der Waals surface area (Å²) in [5, 5.41) is 8.71. The molecule has 0 spiro atoms. The van der Waals surface area contributed by atoms with Gasteiger partial charge in [-0.25, -0.2) is 13.1 Å². The van der Waals surface area contributed by atoms with Crippen LogP contribution in [0.5, 0.6) is 0 Å². The van der Waals surface area contributed by atoms with E-state index in [2.05, 4.69) is 16.6 Å². The standard InChI is InChI=1S/C15H22N2O3S/c1-12-7-8-14(6-5-9-18)10-15(12)21(19,20)16-13(2)11-17(3)4/h7-8,10,13,16,18H,9,11H2,1-4H3. The van der Waals surface area contributed by atoms with Crippen LogP contribution in [0, 0.1) is 18.8 Å². The van der Waals surface area contributed by atoms with E-state index in [1.807, 2.05) is 25.9 Å². The fourth-order valence-corrected chi connectivity index (χ4v) is 3.53. The van der Waals surface area contributed by atoms with Crippen LogP contribution in [-0.4, -0.2) is 51.7 Å². The maximum atomic E-state index is 12.4. The topological polar surface area (TPSA) is 69.6 Å². The number of nitrogens with one attached hydrogen (secondary N) is 1. The van der Waals surface area contributed by atoms with Gasteiger partial charge in [-0.1, -0.05) is 17.9 Å². The number of aryl methyl sites for hydroxylation is 1. The lowest BCUT2D eigenvalue weighted by atomic mass is 10.1. The van der Waals surface area contributed by atoms with Gasteiger partial charge in [-0.3, -0.25) is 0 Å². The highest BCUT2D eigenvalue weighted by Gasteiger charge is 2.20. The second-order valence-electron chi connectivity index (χ2n) is 5.22. The number of nitrogens with zero attached hydrogens (tertiary/aromatic N) is 1. The Balaban J connectivity index is 3.07. The molecule has 1 atom stereocenters. The van der Waals surface area contributed by atoms with Crippen molar-refractivity contribution in [2.45, 2.75) is 24.8 Å². The number of aliphatic hydroxyl groups excluding tert-OH is 1. The Bertz CT molecular complexity index is 643. The minimum atomic E-state index is -3.59. The first-order valence-electron chi connectivity index (χ1n) is 6.63. The van der Waals surface area contributed by atoms with E-state index in [1.165, 1.54) is 6.07 Å². The first kappa shape index (κ1) is 17.7. The monoisotopic (exact) mass is 310 g/mol. The Labute approximate surface area is 127 Å². The third-order valence-corrected chi connectivity index (χ3v) is 4.52. The predicted octanol–water partition coefficient (Wildman–Crippen LogP) is 0.567. The van der Waals surface area contributed by atoms with Gasteiger partial charge in [0.05, 0.1) is 4.90 Å². The lowest BCUT2D eigenvalue weighted by Crippen LogP contribution is -2.39. The number of hydrogen-bond donors (Lipinski definition) is 2. The first-order valence-corrected chi connectivity index (χ1v) is 8.12. The van der Waals surface area contributed by atoms with Crippen molar-refractivity contribution < 1.29 is 13.5 Å². The molecule has 0 fully saturated rings. The summed E-state index contributed by atoms with van der Waals surface area (Å²) >= 11 is 0. The summed E-state index contributed by atoms with van der Waals surface area (Å²) in [5.74, 6) is 5.23. The fraction of sp³-hybridized carbons (Fsp3) is 0.467. The minimum absolute atomic E-state index is 0.198. The van der Waals surface area contributed by atoms with Crippen molar-refractivity contribution in [1.29, 1.82) is 0 Å². The van der Waals surface area contributed by atoms with Crippen LogP contribution in [0.1, 0.15) is 18.1 Å². The SMILES string of the molecule is Cc1ccc(C#CCO)cc1S(=O)(=O)NC(C)CN(C)C. The van der Waals surface area contributed by atoms with Gasteiger partial charge in [-0.2, -0.15) is 0 Å². The summed E-state index contributed by atoms with van der Waals surface area (Å²) in [7, 11) is 0.190. The minimum Gasteiger partial charge on any atom is -0.384 e. The van der Waals surface area contributed by atoms with Crippen LogP contribution in [0.3, 0.4) is 0 Å². The van der Waals surface area contributed by atoms with E-state index in [1.54, 1.807) is 19.1 Å². The van der Waals surface area contributed by atoms with E-state index in [9.17, 15) is 8.42 Å². The molecule has 0 aliphatic heterocycles. The maximum Gasteiger partial charge on any atom is 0.241 e. The van der Waals surface area contributed by atoms with Gasteiger partial charge in [-0.15, -0.1) is 0 Å². The Morgan fingerprint density at radius 1 is 1.38 bits per heavy atom. The molecule has 0 saturated carbocycles. The van der Waals surface area contributed by atoms with Crippen molar-refractivity contribution in [2.24, 2.45) is 0 Å². The highest BCUT2D eigenvalue weighted by molar-refractivity contribution is 7.89. The van der Waals surface area contributed by atoms with Crippen molar-refractivity contribution in [2.75, 3.05) is 27.2 Å². The van der Waals surface area contributed by atoms with Crippen molar-refractivity contribution in [3.05, 3.63) is 29.3 Å². The molecule has 1 aromatic rings. The Morgan fingerprint density at radius 2 is 2.05 bits per heavy atom. The van der Waals surface area contributed by atoms with Gasteiger partial charge in [0.2, 0.25) is 10.0 Å². The Hall–Kier alpha value is -1.39. The Morgan fingerprint density at radius 3 is 2.62 bits per heavy atom.